The Balaban J connectivity index is -0.00000000500. The average molecular weight is 318 g/mol. The fourth-order valence-electron chi connectivity index (χ4n) is 0. The van der Waals surface area contributed by atoms with Crippen LogP contribution in [0.15, 0.2) is 0 Å². The molecular formula is H5CuInOSn. The molecule has 0 spiro atoms. The van der Waals surface area contributed by atoms with Crippen LogP contribution < -0.4 is 0 Å². The van der Waals surface area contributed by atoms with Crippen molar-refractivity contribution in [3.05, 3.63) is 0 Å². The second kappa shape index (κ2) is 20.1. The molecule has 0 aromatic carbocycles. The maximum atomic E-state index is 8.42. The molecule has 0 heterocycles. The van der Waals surface area contributed by atoms with E-state index in [2.05, 4.69) is 0 Å². The third-order valence-electron chi connectivity index (χ3n) is 0. The third kappa shape index (κ3) is 9.01. The van der Waals surface area contributed by atoms with Crippen LogP contribution in [-0.4, -0.2) is 48.3 Å². The van der Waals surface area contributed by atoms with Crippen LogP contribution in [0.2, 0.25) is 0 Å². The van der Waals surface area contributed by atoms with E-state index in [0.29, 0.717) is 0 Å². The first-order chi connectivity index (χ1) is 1.00. The molecule has 0 saturated heterocycles. The van der Waals surface area contributed by atoms with Crippen molar-refractivity contribution in [1.29, 1.82) is 0 Å². The topological polar surface area (TPSA) is 17.1 Å². The van der Waals surface area contributed by atoms with Crippen LogP contribution in [0.4, 0.5) is 0 Å². The monoisotopic (exact) mass is 319 g/mol. The Kier molecular flexibility index (Phi) is 83.7. The summed E-state index contributed by atoms with van der Waals surface area (Å²) in [4.78, 5) is 0. The molecule has 0 rings (SSSR count). The zero-order valence-corrected chi connectivity index (χ0v) is 6.39. The maximum absolute atomic E-state index is 8.42. The van der Waals surface area contributed by atoms with Gasteiger partial charge in [-0.05, 0) is 0 Å². The van der Waals surface area contributed by atoms with Crippen molar-refractivity contribution in [2.45, 2.75) is 0 Å². The second-order valence-corrected chi connectivity index (χ2v) is 0. The molecule has 0 aliphatic carbocycles. The first-order valence-corrected chi connectivity index (χ1v) is 1.94. The SMILES string of the molecule is [Cu].[O]=[InH].[SnH4]. The van der Waals surface area contributed by atoms with Crippen LogP contribution in [-0.2, 0) is 19.9 Å². The van der Waals surface area contributed by atoms with Crippen molar-refractivity contribution in [3.63, 3.8) is 0 Å². The van der Waals surface area contributed by atoms with Crippen LogP contribution >= 0.6 is 0 Å². The van der Waals surface area contributed by atoms with E-state index in [0.717, 1.165) is 0 Å². The normalized spacial score (nSPS) is 0.750. The van der Waals surface area contributed by atoms with Crippen LogP contribution in [0, 0.1) is 0 Å². The zero-order valence-electron chi connectivity index (χ0n) is 1.42. The summed E-state index contributed by atoms with van der Waals surface area (Å²) in [6, 6.07) is 0. The Morgan fingerprint density at radius 1 is 1.25 bits per heavy atom. The first-order valence-electron chi connectivity index (χ1n) is 0.289. The zero-order chi connectivity index (χ0) is 2.00. The molecule has 0 aliphatic rings. The van der Waals surface area contributed by atoms with E-state index in [1.807, 2.05) is 0 Å². The molecule has 0 aliphatic heterocycles. The van der Waals surface area contributed by atoms with E-state index in [1.54, 1.807) is 0 Å². The van der Waals surface area contributed by atoms with Crippen molar-refractivity contribution < 1.29 is 19.9 Å². The van der Waals surface area contributed by atoms with Gasteiger partial charge in [0.2, 0.25) is 0 Å². The molecule has 0 atom stereocenters. The predicted octanol–water partition coefficient (Wildman–Crippen LogP) is -2.22. The molecule has 0 unspecified atom stereocenters. The van der Waals surface area contributed by atoms with E-state index >= 15 is 0 Å². The first kappa shape index (κ1) is 16.7. The number of hydrogen-bond acceptors (Lipinski definition) is 1. The molecule has 0 aromatic rings. The fraction of sp³-hybridized carbons (Fsp3) is 0. The van der Waals surface area contributed by atoms with Gasteiger partial charge in [0.15, 0.2) is 0 Å². The molecule has 0 bridgehead atoms. The molecule has 0 saturated carbocycles. The van der Waals surface area contributed by atoms with Gasteiger partial charge < -0.3 is 0 Å². The van der Waals surface area contributed by atoms with Crippen molar-refractivity contribution in [1.82, 2.24) is 0 Å². The average Bonchev–Trinajstić information content (AvgIpc) is 1.00. The Bertz CT molecular complexity index is 8.00. The summed E-state index contributed by atoms with van der Waals surface area (Å²) in [5.41, 5.74) is 0. The fourth-order valence-corrected chi connectivity index (χ4v) is 0. The van der Waals surface area contributed by atoms with Crippen LogP contribution in [0.1, 0.15) is 0 Å². The van der Waals surface area contributed by atoms with Crippen molar-refractivity contribution in [2.75, 3.05) is 0 Å². The predicted molar refractivity (Wildman–Crippen MR) is 19.2 cm³/mol. The summed E-state index contributed by atoms with van der Waals surface area (Å²) in [5.74, 6) is 0. The van der Waals surface area contributed by atoms with E-state index in [9.17, 15) is 0 Å². The Morgan fingerprint density at radius 2 is 1.25 bits per heavy atom. The van der Waals surface area contributed by atoms with Gasteiger partial charge in [-0.25, -0.2) is 0 Å². The van der Waals surface area contributed by atoms with Gasteiger partial charge in [-0.3, -0.25) is 0 Å². The summed E-state index contributed by atoms with van der Waals surface area (Å²) < 4.78 is 8.42. The van der Waals surface area contributed by atoms with Gasteiger partial charge in [0.1, 0.15) is 0 Å². The molecule has 0 aromatic heterocycles. The number of hydrogen-bond donors (Lipinski definition) is 0. The van der Waals surface area contributed by atoms with Crippen LogP contribution in [0.5, 0.6) is 0 Å². The quantitative estimate of drug-likeness (QED) is 0.463. The van der Waals surface area contributed by atoms with Gasteiger partial charge in [-0.15, -0.1) is 0 Å². The molecule has 4 heteroatoms. The summed E-state index contributed by atoms with van der Waals surface area (Å²) >= 11 is -0.1000. The summed E-state index contributed by atoms with van der Waals surface area (Å²) in [6.07, 6.45) is 0. The number of rotatable bonds is 0. The summed E-state index contributed by atoms with van der Waals surface area (Å²) in [5, 5.41) is 0. The Labute approximate surface area is 67.3 Å². The van der Waals surface area contributed by atoms with Crippen LogP contribution in [0.3, 0.4) is 0 Å². The van der Waals surface area contributed by atoms with Gasteiger partial charge in [0.25, 0.3) is 0 Å². The van der Waals surface area contributed by atoms with Gasteiger partial charge in [0.05, 0.1) is 0 Å². The van der Waals surface area contributed by atoms with Crippen molar-refractivity contribution in [3.8, 4) is 0 Å². The van der Waals surface area contributed by atoms with E-state index < -0.39 is 0 Å². The third-order valence-corrected chi connectivity index (χ3v) is 0. The molecule has 0 amide bonds. The van der Waals surface area contributed by atoms with Crippen LogP contribution in [0.25, 0.3) is 0 Å². The minimum atomic E-state index is -0.1000. The standard InChI is InChI=1S/Cu.In.O.Sn.5H. The van der Waals surface area contributed by atoms with Crippen molar-refractivity contribution in [2.24, 2.45) is 0 Å². The van der Waals surface area contributed by atoms with Gasteiger partial charge in [-0.2, -0.15) is 0 Å². The molecule has 0 fully saturated rings. The van der Waals surface area contributed by atoms with Gasteiger partial charge in [0, 0.05) is 17.1 Å². The molecular weight excluding hydrogens is 313 g/mol. The van der Waals surface area contributed by atoms with E-state index in [4.69, 9.17) is 2.85 Å². The molecule has 1 nitrogen and oxygen atoms in total. The molecule has 29 valence electrons. The van der Waals surface area contributed by atoms with E-state index in [1.165, 1.54) is 0 Å². The van der Waals surface area contributed by atoms with E-state index in [-0.39, 0.29) is 65.4 Å². The minimum absolute atomic E-state index is 0. The molecule has 0 N–H and O–H groups in total. The Hall–Kier alpha value is 1.99. The van der Waals surface area contributed by atoms with Gasteiger partial charge >= 0.3 is 51.1 Å². The molecule has 1 radical (unpaired) electrons. The summed E-state index contributed by atoms with van der Waals surface area (Å²) in [6.45, 7) is 0. The van der Waals surface area contributed by atoms with Crippen molar-refractivity contribution >= 4 is 48.3 Å². The summed E-state index contributed by atoms with van der Waals surface area (Å²) in [7, 11) is 0. The van der Waals surface area contributed by atoms with Gasteiger partial charge in [-0.1, -0.05) is 0 Å². The Morgan fingerprint density at radius 3 is 1.25 bits per heavy atom. The second-order valence-electron chi connectivity index (χ2n) is 0. The molecule has 4 heavy (non-hydrogen) atoms.